The van der Waals surface area contributed by atoms with E-state index in [1.54, 1.807) is 18.5 Å². The van der Waals surface area contributed by atoms with Gasteiger partial charge in [-0.05, 0) is 36.2 Å². The average Bonchev–Trinajstić information content (AvgIpc) is 2.40. The van der Waals surface area contributed by atoms with Gasteiger partial charge in [0.25, 0.3) is 0 Å². The first-order valence-corrected chi connectivity index (χ1v) is 5.70. The second-order valence-electron chi connectivity index (χ2n) is 4.12. The van der Waals surface area contributed by atoms with E-state index in [1.807, 2.05) is 37.3 Å². The van der Waals surface area contributed by atoms with Crippen molar-refractivity contribution in [3.05, 3.63) is 64.8 Å². The minimum absolute atomic E-state index is 0.308. The molecule has 0 spiro atoms. The third-order valence-corrected chi connectivity index (χ3v) is 3.04. The van der Waals surface area contributed by atoms with Gasteiger partial charge in [-0.2, -0.15) is 0 Å². The molecule has 3 nitrogen and oxygen atoms in total. The number of para-hydroxylation sites is 1. The van der Waals surface area contributed by atoms with Gasteiger partial charge in [0.15, 0.2) is 0 Å². The predicted molar refractivity (Wildman–Crippen MR) is 70.5 cm³/mol. The second kappa shape index (κ2) is 4.11. The van der Waals surface area contributed by atoms with Crippen molar-refractivity contribution in [1.29, 1.82) is 0 Å². The predicted octanol–water partition coefficient (Wildman–Crippen LogP) is 3.16. The molecule has 0 atom stereocenters. The first-order chi connectivity index (χ1) is 8.77. The van der Waals surface area contributed by atoms with Crippen LogP contribution in [-0.2, 0) is 0 Å². The van der Waals surface area contributed by atoms with Crippen LogP contribution < -0.4 is 5.63 Å². The van der Waals surface area contributed by atoms with E-state index >= 15 is 0 Å². The molecule has 0 saturated heterocycles. The van der Waals surface area contributed by atoms with Crippen LogP contribution in [0.25, 0.3) is 22.1 Å². The Bertz CT molecular complexity index is 760. The molecule has 1 aromatic carbocycles. The lowest BCUT2D eigenvalue weighted by molar-refractivity contribution is 0.562. The summed E-state index contributed by atoms with van der Waals surface area (Å²) < 4.78 is 5.35. The molecule has 0 unspecified atom stereocenters. The van der Waals surface area contributed by atoms with E-state index in [4.69, 9.17) is 4.42 Å². The van der Waals surface area contributed by atoms with Crippen LogP contribution >= 0.6 is 0 Å². The molecule has 0 N–H and O–H groups in total. The van der Waals surface area contributed by atoms with Gasteiger partial charge >= 0.3 is 5.63 Å². The molecule has 0 fully saturated rings. The maximum atomic E-state index is 12.1. The molecule has 0 amide bonds. The summed E-state index contributed by atoms with van der Waals surface area (Å²) >= 11 is 0. The van der Waals surface area contributed by atoms with Gasteiger partial charge in [-0.15, -0.1) is 0 Å². The van der Waals surface area contributed by atoms with E-state index in [-0.39, 0.29) is 5.63 Å². The standard InChI is InChI=1S/C15H11NO2/c1-10-12-4-2-3-5-13(12)18-15(17)14(10)11-6-8-16-9-7-11/h2-9H,1H3. The minimum Gasteiger partial charge on any atom is -0.422 e. The molecule has 3 rings (SSSR count). The van der Waals surface area contributed by atoms with Crippen molar-refractivity contribution in [2.24, 2.45) is 0 Å². The van der Waals surface area contributed by atoms with Crippen LogP contribution in [0.2, 0.25) is 0 Å². The van der Waals surface area contributed by atoms with Gasteiger partial charge in [0.2, 0.25) is 0 Å². The highest BCUT2D eigenvalue weighted by atomic mass is 16.4. The molecule has 0 aliphatic rings. The Morgan fingerprint density at radius 3 is 2.56 bits per heavy atom. The van der Waals surface area contributed by atoms with Crippen LogP contribution in [0.1, 0.15) is 5.56 Å². The van der Waals surface area contributed by atoms with Crippen molar-refractivity contribution in [2.75, 3.05) is 0 Å². The molecule has 3 heteroatoms. The minimum atomic E-state index is -0.308. The smallest absolute Gasteiger partial charge is 0.344 e. The molecule has 0 bridgehead atoms. The molecular formula is C15H11NO2. The van der Waals surface area contributed by atoms with E-state index in [1.165, 1.54) is 0 Å². The molecule has 3 aromatic rings. The van der Waals surface area contributed by atoms with E-state index in [9.17, 15) is 4.79 Å². The number of aromatic nitrogens is 1. The van der Waals surface area contributed by atoms with Crippen LogP contribution in [0, 0.1) is 6.92 Å². The topological polar surface area (TPSA) is 43.1 Å². The lowest BCUT2D eigenvalue weighted by Gasteiger charge is -2.07. The van der Waals surface area contributed by atoms with Crippen molar-refractivity contribution in [2.45, 2.75) is 6.92 Å². The van der Waals surface area contributed by atoms with Crippen molar-refractivity contribution < 1.29 is 4.42 Å². The quantitative estimate of drug-likeness (QED) is 0.610. The highest BCUT2D eigenvalue weighted by molar-refractivity contribution is 5.86. The van der Waals surface area contributed by atoms with Crippen LogP contribution in [0.3, 0.4) is 0 Å². The molecule has 0 radical (unpaired) electrons. The van der Waals surface area contributed by atoms with E-state index < -0.39 is 0 Å². The summed E-state index contributed by atoms with van der Waals surface area (Å²) in [5.74, 6) is 0. The van der Waals surface area contributed by atoms with Gasteiger partial charge in [-0.1, -0.05) is 18.2 Å². The zero-order chi connectivity index (χ0) is 12.5. The highest BCUT2D eigenvalue weighted by Gasteiger charge is 2.12. The summed E-state index contributed by atoms with van der Waals surface area (Å²) in [5.41, 5.74) is 2.70. The van der Waals surface area contributed by atoms with E-state index in [2.05, 4.69) is 4.98 Å². The summed E-state index contributed by atoms with van der Waals surface area (Å²) in [4.78, 5) is 16.0. The summed E-state index contributed by atoms with van der Waals surface area (Å²) in [7, 11) is 0. The molecular weight excluding hydrogens is 226 g/mol. The van der Waals surface area contributed by atoms with Gasteiger partial charge in [-0.3, -0.25) is 4.98 Å². The fourth-order valence-electron chi connectivity index (χ4n) is 2.16. The Labute approximate surface area is 104 Å². The van der Waals surface area contributed by atoms with Gasteiger partial charge in [0.1, 0.15) is 5.58 Å². The molecule has 88 valence electrons. The maximum absolute atomic E-state index is 12.1. The Hall–Kier alpha value is -2.42. The highest BCUT2D eigenvalue weighted by Crippen LogP contribution is 2.25. The Morgan fingerprint density at radius 1 is 1.06 bits per heavy atom. The number of hydrogen-bond donors (Lipinski definition) is 0. The Balaban J connectivity index is 2.41. The number of rotatable bonds is 1. The number of pyridine rings is 1. The molecule has 0 aliphatic heterocycles. The summed E-state index contributed by atoms with van der Waals surface area (Å²) in [5, 5.41) is 0.962. The van der Waals surface area contributed by atoms with Gasteiger partial charge < -0.3 is 4.42 Å². The second-order valence-corrected chi connectivity index (χ2v) is 4.12. The number of hydrogen-bond acceptors (Lipinski definition) is 3. The molecule has 0 saturated carbocycles. The van der Waals surface area contributed by atoms with Crippen molar-refractivity contribution in [1.82, 2.24) is 4.98 Å². The van der Waals surface area contributed by atoms with Crippen LogP contribution in [-0.4, -0.2) is 4.98 Å². The first-order valence-electron chi connectivity index (χ1n) is 5.70. The van der Waals surface area contributed by atoms with Crippen molar-refractivity contribution >= 4 is 11.0 Å². The number of nitrogens with zero attached hydrogens (tertiary/aromatic N) is 1. The fraction of sp³-hybridized carbons (Fsp3) is 0.0667. The number of aryl methyl sites for hydroxylation is 1. The third kappa shape index (κ3) is 1.61. The summed E-state index contributed by atoms with van der Waals surface area (Å²) in [6.45, 7) is 1.94. The summed E-state index contributed by atoms with van der Waals surface area (Å²) in [6.07, 6.45) is 3.34. The SMILES string of the molecule is Cc1c(-c2ccncc2)c(=O)oc2ccccc12. The lowest BCUT2D eigenvalue weighted by Crippen LogP contribution is -2.05. The van der Waals surface area contributed by atoms with Crippen LogP contribution in [0.4, 0.5) is 0 Å². The van der Waals surface area contributed by atoms with Crippen LogP contribution in [0.15, 0.2) is 58.0 Å². The van der Waals surface area contributed by atoms with E-state index in [0.29, 0.717) is 11.1 Å². The normalized spacial score (nSPS) is 10.7. The third-order valence-electron chi connectivity index (χ3n) is 3.04. The largest absolute Gasteiger partial charge is 0.422 e. The number of benzene rings is 1. The van der Waals surface area contributed by atoms with Gasteiger partial charge in [-0.25, -0.2) is 4.79 Å². The maximum Gasteiger partial charge on any atom is 0.344 e. The van der Waals surface area contributed by atoms with Crippen molar-refractivity contribution in [3.63, 3.8) is 0 Å². The average molecular weight is 237 g/mol. The van der Waals surface area contributed by atoms with E-state index in [0.717, 1.165) is 16.5 Å². The van der Waals surface area contributed by atoms with Crippen molar-refractivity contribution in [3.8, 4) is 11.1 Å². The monoisotopic (exact) mass is 237 g/mol. The zero-order valence-electron chi connectivity index (χ0n) is 9.88. The van der Waals surface area contributed by atoms with Gasteiger partial charge in [0.05, 0.1) is 5.56 Å². The fourth-order valence-corrected chi connectivity index (χ4v) is 2.16. The molecule has 2 heterocycles. The Morgan fingerprint density at radius 2 is 1.78 bits per heavy atom. The molecule has 18 heavy (non-hydrogen) atoms. The molecule has 0 aliphatic carbocycles. The molecule has 2 aromatic heterocycles. The lowest BCUT2D eigenvalue weighted by atomic mass is 10.0. The first kappa shape index (κ1) is 10.7. The number of fused-ring (bicyclic) bond motifs is 1. The van der Waals surface area contributed by atoms with Crippen LogP contribution in [0.5, 0.6) is 0 Å². The Kier molecular flexibility index (Phi) is 2.45. The summed E-state index contributed by atoms with van der Waals surface area (Å²) in [6, 6.07) is 11.2. The van der Waals surface area contributed by atoms with Gasteiger partial charge in [0, 0.05) is 17.8 Å². The zero-order valence-corrected chi connectivity index (χ0v) is 9.88.